The Balaban J connectivity index is 1.69. The van der Waals surface area contributed by atoms with Crippen molar-refractivity contribution in [1.29, 1.82) is 0 Å². The summed E-state index contributed by atoms with van der Waals surface area (Å²) in [7, 11) is 0. The van der Waals surface area contributed by atoms with E-state index in [9.17, 15) is 0 Å². The van der Waals surface area contributed by atoms with E-state index in [2.05, 4.69) is 75.2 Å². The van der Waals surface area contributed by atoms with Crippen molar-refractivity contribution in [3.8, 4) is 0 Å². The topological polar surface area (TPSA) is 58.3 Å². The summed E-state index contributed by atoms with van der Waals surface area (Å²) < 4.78 is 0. The Labute approximate surface area is 179 Å². The van der Waals surface area contributed by atoms with Crippen molar-refractivity contribution >= 4 is 17.3 Å². The number of hydrogen-bond acceptors (Lipinski definition) is 5. The Bertz CT molecular complexity index is 887. The largest absolute Gasteiger partial charge is 0.393 e. The molecule has 1 saturated heterocycles. The van der Waals surface area contributed by atoms with E-state index in [0.29, 0.717) is 11.7 Å². The quantitative estimate of drug-likeness (QED) is 0.601. The molecule has 5 nitrogen and oxygen atoms in total. The highest BCUT2D eigenvalue weighted by atomic mass is 15.3. The van der Waals surface area contributed by atoms with Crippen LogP contribution in [0.4, 0.5) is 17.3 Å². The van der Waals surface area contributed by atoms with Crippen LogP contribution < -0.4 is 15.5 Å². The molecule has 1 atom stereocenters. The average molecular weight is 402 g/mol. The highest BCUT2D eigenvalue weighted by Crippen LogP contribution is 2.34. The molecule has 0 spiro atoms. The van der Waals surface area contributed by atoms with Crippen molar-refractivity contribution in [2.75, 3.05) is 22.1 Å². The van der Waals surface area contributed by atoms with Gasteiger partial charge in [-0.3, -0.25) is 0 Å². The molecule has 1 aliphatic heterocycles. The van der Waals surface area contributed by atoms with Crippen LogP contribution in [0.2, 0.25) is 0 Å². The lowest BCUT2D eigenvalue weighted by Crippen LogP contribution is -2.40. The summed E-state index contributed by atoms with van der Waals surface area (Å²) in [6, 6.07) is 21.5. The van der Waals surface area contributed by atoms with Gasteiger partial charge in [-0.1, -0.05) is 67.6 Å². The van der Waals surface area contributed by atoms with Crippen LogP contribution in [0.3, 0.4) is 0 Å². The summed E-state index contributed by atoms with van der Waals surface area (Å²) in [6.07, 6.45) is 6.45. The van der Waals surface area contributed by atoms with Crippen LogP contribution in [0.25, 0.3) is 0 Å². The second-order valence-corrected chi connectivity index (χ2v) is 8.01. The Morgan fingerprint density at radius 1 is 0.933 bits per heavy atom. The first-order valence-corrected chi connectivity index (χ1v) is 11.0. The molecule has 1 unspecified atom stereocenters. The molecular weight excluding hydrogens is 370 g/mol. The minimum atomic E-state index is 0.500. The highest BCUT2D eigenvalue weighted by Gasteiger charge is 2.26. The summed E-state index contributed by atoms with van der Waals surface area (Å²) >= 11 is 0. The fourth-order valence-electron chi connectivity index (χ4n) is 4.38. The molecule has 2 heterocycles. The van der Waals surface area contributed by atoms with Crippen LogP contribution in [0.1, 0.15) is 43.7 Å². The van der Waals surface area contributed by atoms with E-state index < -0.39 is 0 Å². The standard InChI is InChI=1S/C25H31N5/c1-2-22-15-9-10-16-30(22)25-23(26)24(27-19-28-25)29(17-20-11-5-3-6-12-20)18-21-13-7-4-8-14-21/h3-8,11-14,19,22H,2,9-10,15-18,26H2,1H3. The van der Waals surface area contributed by atoms with Crippen LogP contribution in [0, 0.1) is 0 Å². The maximum absolute atomic E-state index is 6.73. The van der Waals surface area contributed by atoms with Crippen molar-refractivity contribution in [2.24, 2.45) is 0 Å². The van der Waals surface area contributed by atoms with Crippen LogP contribution in [0.15, 0.2) is 67.0 Å². The number of aromatic nitrogens is 2. The van der Waals surface area contributed by atoms with Gasteiger partial charge in [-0.05, 0) is 36.8 Å². The fourth-order valence-corrected chi connectivity index (χ4v) is 4.38. The smallest absolute Gasteiger partial charge is 0.158 e. The van der Waals surface area contributed by atoms with Gasteiger partial charge < -0.3 is 15.5 Å². The number of nitrogens with two attached hydrogens (primary N) is 1. The molecule has 0 aliphatic carbocycles. The van der Waals surface area contributed by atoms with Crippen LogP contribution in [0.5, 0.6) is 0 Å². The fraction of sp³-hybridized carbons (Fsp3) is 0.360. The predicted molar refractivity (Wildman–Crippen MR) is 124 cm³/mol. The number of rotatable bonds is 7. The van der Waals surface area contributed by atoms with Crippen molar-refractivity contribution in [3.63, 3.8) is 0 Å². The van der Waals surface area contributed by atoms with E-state index in [-0.39, 0.29) is 0 Å². The molecule has 1 aliphatic rings. The van der Waals surface area contributed by atoms with Gasteiger partial charge in [-0.15, -0.1) is 0 Å². The van der Waals surface area contributed by atoms with Gasteiger partial charge in [0.1, 0.15) is 12.0 Å². The normalized spacial score (nSPS) is 16.4. The van der Waals surface area contributed by atoms with Crippen molar-refractivity contribution in [1.82, 2.24) is 9.97 Å². The molecule has 4 rings (SSSR count). The summed E-state index contributed by atoms with van der Waals surface area (Å²) in [6.45, 7) is 4.75. The number of piperidine rings is 1. The third-order valence-electron chi connectivity index (χ3n) is 5.94. The van der Waals surface area contributed by atoms with Crippen LogP contribution >= 0.6 is 0 Å². The van der Waals surface area contributed by atoms with Crippen LogP contribution in [-0.2, 0) is 13.1 Å². The maximum atomic E-state index is 6.73. The lowest BCUT2D eigenvalue weighted by Gasteiger charge is -2.37. The lowest BCUT2D eigenvalue weighted by molar-refractivity contribution is 0.447. The Morgan fingerprint density at radius 2 is 1.57 bits per heavy atom. The van der Waals surface area contributed by atoms with Crippen LogP contribution in [-0.4, -0.2) is 22.6 Å². The van der Waals surface area contributed by atoms with Crippen molar-refractivity contribution in [2.45, 2.75) is 51.7 Å². The van der Waals surface area contributed by atoms with Crippen molar-refractivity contribution in [3.05, 3.63) is 78.1 Å². The molecule has 1 fully saturated rings. The lowest BCUT2D eigenvalue weighted by atomic mass is 10.00. The molecule has 5 heteroatoms. The first kappa shape index (κ1) is 20.2. The van der Waals surface area contributed by atoms with Gasteiger partial charge in [0.2, 0.25) is 0 Å². The van der Waals surface area contributed by atoms with Gasteiger partial charge in [0.05, 0.1) is 0 Å². The Morgan fingerprint density at radius 3 is 2.17 bits per heavy atom. The molecule has 156 valence electrons. The molecule has 0 amide bonds. The van der Waals surface area contributed by atoms with Gasteiger partial charge >= 0.3 is 0 Å². The van der Waals surface area contributed by atoms with Crippen molar-refractivity contribution < 1.29 is 0 Å². The molecule has 2 N–H and O–H groups in total. The van der Waals surface area contributed by atoms with Gasteiger partial charge in [0.25, 0.3) is 0 Å². The summed E-state index contributed by atoms with van der Waals surface area (Å²) in [5, 5.41) is 0. The second-order valence-electron chi connectivity index (χ2n) is 8.01. The van der Waals surface area contributed by atoms with E-state index in [4.69, 9.17) is 5.73 Å². The molecule has 2 aromatic carbocycles. The Kier molecular flexibility index (Phi) is 6.47. The Hall–Kier alpha value is -3.08. The molecule has 1 aromatic heterocycles. The summed E-state index contributed by atoms with van der Waals surface area (Å²) in [5.74, 6) is 1.70. The molecule has 30 heavy (non-hydrogen) atoms. The summed E-state index contributed by atoms with van der Waals surface area (Å²) in [5.41, 5.74) is 9.88. The van der Waals surface area contributed by atoms with E-state index in [1.807, 2.05) is 12.1 Å². The third kappa shape index (κ3) is 4.56. The van der Waals surface area contributed by atoms with Gasteiger partial charge in [0.15, 0.2) is 11.6 Å². The van der Waals surface area contributed by atoms with E-state index in [0.717, 1.165) is 37.7 Å². The molecule has 0 radical (unpaired) electrons. The number of nitrogens with zero attached hydrogens (tertiary/aromatic N) is 4. The number of anilines is 3. The molecule has 0 saturated carbocycles. The zero-order chi connectivity index (χ0) is 20.8. The van der Waals surface area contributed by atoms with Gasteiger partial charge in [-0.2, -0.15) is 0 Å². The first-order chi connectivity index (χ1) is 14.8. The molecule has 3 aromatic rings. The van der Waals surface area contributed by atoms with E-state index >= 15 is 0 Å². The minimum Gasteiger partial charge on any atom is -0.393 e. The molecule has 0 bridgehead atoms. The minimum absolute atomic E-state index is 0.500. The maximum Gasteiger partial charge on any atom is 0.158 e. The average Bonchev–Trinajstić information content (AvgIpc) is 2.80. The van der Waals surface area contributed by atoms with E-state index in [1.54, 1.807) is 6.33 Å². The predicted octanol–water partition coefficient (Wildman–Crippen LogP) is 5.03. The number of benzene rings is 2. The highest BCUT2D eigenvalue weighted by molar-refractivity contribution is 5.76. The third-order valence-corrected chi connectivity index (χ3v) is 5.94. The first-order valence-electron chi connectivity index (χ1n) is 11.0. The second kappa shape index (κ2) is 9.61. The van der Waals surface area contributed by atoms with E-state index in [1.165, 1.54) is 30.4 Å². The zero-order valence-corrected chi connectivity index (χ0v) is 17.7. The molecular formula is C25H31N5. The van der Waals surface area contributed by atoms with Gasteiger partial charge in [0, 0.05) is 25.7 Å². The number of hydrogen-bond donors (Lipinski definition) is 1. The monoisotopic (exact) mass is 401 g/mol. The SMILES string of the molecule is CCC1CCCCN1c1ncnc(N(Cc2ccccc2)Cc2ccccc2)c1N. The summed E-state index contributed by atoms with van der Waals surface area (Å²) in [4.78, 5) is 13.9. The zero-order valence-electron chi connectivity index (χ0n) is 17.7. The number of nitrogen functional groups attached to an aromatic ring is 1. The van der Waals surface area contributed by atoms with Gasteiger partial charge in [-0.25, -0.2) is 9.97 Å².